The maximum absolute atomic E-state index is 11.7. The van der Waals surface area contributed by atoms with Crippen LogP contribution in [0.4, 0.5) is 0 Å². The van der Waals surface area contributed by atoms with Crippen molar-refractivity contribution in [3.05, 3.63) is 22.6 Å². The predicted molar refractivity (Wildman–Crippen MR) is 68.7 cm³/mol. The average molecular weight is 255 g/mol. The van der Waals surface area contributed by atoms with Crippen LogP contribution < -0.4 is 16.0 Å². The van der Waals surface area contributed by atoms with Gasteiger partial charge in [-0.15, -0.1) is 0 Å². The second-order valence-electron chi connectivity index (χ2n) is 4.36. The zero-order valence-electron chi connectivity index (χ0n) is 11.0. The first-order chi connectivity index (χ1) is 8.63. The fourth-order valence-electron chi connectivity index (χ4n) is 1.31. The number of rotatable bonds is 8. The van der Waals surface area contributed by atoms with Crippen molar-refractivity contribution in [2.24, 2.45) is 11.7 Å². The topological polar surface area (TPSA) is 79.4 Å². The minimum absolute atomic E-state index is 0.197. The van der Waals surface area contributed by atoms with Gasteiger partial charge in [0.25, 0.3) is 5.56 Å². The van der Waals surface area contributed by atoms with Crippen LogP contribution in [0.5, 0.6) is 5.75 Å². The molecular formula is C12H21N3O3. The quantitative estimate of drug-likeness (QED) is 0.674. The van der Waals surface area contributed by atoms with Gasteiger partial charge in [0.05, 0.1) is 19.3 Å². The molecule has 0 aromatic carbocycles. The van der Waals surface area contributed by atoms with Crippen molar-refractivity contribution in [3.8, 4) is 5.75 Å². The molecule has 0 saturated heterocycles. The number of hydrogen-bond acceptors (Lipinski definition) is 5. The molecule has 1 heterocycles. The van der Waals surface area contributed by atoms with Crippen LogP contribution >= 0.6 is 0 Å². The van der Waals surface area contributed by atoms with Crippen molar-refractivity contribution in [1.29, 1.82) is 0 Å². The van der Waals surface area contributed by atoms with Crippen molar-refractivity contribution in [2.75, 3.05) is 26.4 Å². The van der Waals surface area contributed by atoms with E-state index in [0.29, 0.717) is 44.6 Å². The molecular weight excluding hydrogens is 234 g/mol. The lowest BCUT2D eigenvalue weighted by Gasteiger charge is -2.08. The molecule has 0 bridgehead atoms. The van der Waals surface area contributed by atoms with Crippen LogP contribution in [0, 0.1) is 5.92 Å². The van der Waals surface area contributed by atoms with Crippen LogP contribution in [0.1, 0.15) is 13.8 Å². The van der Waals surface area contributed by atoms with E-state index in [4.69, 9.17) is 15.2 Å². The summed E-state index contributed by atoms with van der Waals surface area (Å²) in [6, 6.07) is 1.41. The number of ether oxygens (including phenoxy) is 2. The summed E-state index contributed by atoms with van der Waals surface area (Å²) >= 11 is 0. The first kappa shape index (κ1) is 14.7. The van der Waals surface area contributed by atoms with E-state index in [2.05, 4.69) is 18.9 Å². The molecule has 1 aromatic heterocycles. The highest BCUT2D eigenvalue weighted by Crippen LogP contribution is 2.02. The van der Waals surface area contributed by atoms with Crippen molar-refractivity contribution in [2.45, 2.75) is 20.4 Å². The first-order valence-corrected chi connectivity index (χ1v) is 6.11. The van der Waals surface area contributed by atoms with E-state index in [0.717, 1.165) is 0 Å². The molecule has 0 spiro atoms. The highest BCUT2D eigenvalue weighted by Gasteiger charge is 2.01. The molecule has 6 nitrogen and oxygen atoms in total. The van der Waals surface area contributed by atoms with Gasteiger partial charge in [-0.05, 0) is 5.92 Å². The molecule has 0 amide bonds. The normalized spacial score (nSPS) is 10.9. The minimum atomic E-state index is -0.197. The lowest BCUT2D eigenvalue weighted by molar-refractivity contribution is 0.0999. The standard InChI is InChI=1S/C12H21N3O3/c1-10(2)9-17-6-4-15-12(16)7-11(8-14-15)18-5-3-13/h7-8,10H,3-6,9,13H2,1-2H3. The summed E-state index contributed by atoms with van der Waals surface area (Å²) in [5.74, 6) is 0.937. The van der Waals surface area contributed by atoms with Gasteiger partial charge < -0.3 is 15.2 Å². The Bertz CT molecular complexity index is 404. The molecule has 0 fully saturated rings. The molecule has 0 unspecified atom stereocenters. The summed E-state index contributed by atoms with van der Waals surface area (Å²) in [5.41, 5.74) is 5.11. The Morgan fingerprint density at radius 1 is 1.44 bits per heavy atom. The van der Waals surface area contributed by atoms with Gasteiger partial charge in [0.15, 0.2) is 0 Å². The lowest BCUT2D eigenvalue weighted by atomic mass is 10.2. The van der Waals surface area contributed by atoms with Crippen molar-refractivity contribution in [1.82, 2.24) is 9.78 Å². The molecule has 0 aliphatic heterocycles. The molecule has 6 heteroatoms. The fraction of sp³-hybridized carbons (Fsp3) is 0.667. The Morgan fingerprint density at radius 2 is 2.22 bits per heavy atom. The molecule has 0 aliphatic rings. The van der Waals surface area contributed by atoms with Gasteiger partial charge in [0.2, 0.25) is 0 Å². The van der Waals surface area contributed by atoms with Gasteiger partial charge in [-0.25, -0.2) is 4.68 Å². The molecule has 102 valence electrons. The van der Waals surface area contributed by atoms with E-state index in [1.54, 1.807) is 0 Å². The third kappa shape index (κ3) is 5.29. The molecule has 2 N–H and O–H groups in total. The Labute approximate surface area is 107 Å². The number of nitrogens with zero attached hydrogens (tertiary/aromatic N) is 2. The minimum Gasteiger partial charge on any atom is -0.490 e. The highest BCUT2D eigenvalue weighted by atomic mass is 16.5. The van der Waals surface area contributed by atoms with E-state index in [-0.39, 0.29) is 5.56 Å². The molecule has 0 radical (unpaired) electrons. The van der Waals surface area contributed by atoms with Crippen LogP contribution in [0.3, 0.4) is 0 Å². The van der Waals surface area contributed by atoms with Crippen molar-refractivity contribution < 1.29 is 9.47 Å². The van der Waals surface area contributed by atoms with Crippen LogP contribution in [-0.2, 0) is 11.3 Å². The Kier molecular flexibility index (Phi) is 6.38. The second-order valence-corrected chi connectivity index (χ2v) is 4.36. The van der Waals surface area contributed by atoms with Gasteiger partial charge in [-0.2, -0.15) is 5.10 Å². The summed E-state index contributed by atoms with van der Waals surface area (Å²) in [7, 11) is 0. The van der Waals surface area contributed by atoms with E-state index in [1.165, 1.54) is 16.9 Å². The average Bonchev–Trinajstić information content (AvgIpc) is 2.33. The molecule has 18 heavy (non-hydrogen) atoms. The second kappa shape index (κ2) is 7.84. The lowest BCUT2D eigenvalue weighted by Crippen LogP contribution is -2.25. The molecule has 1 rings (SSSR count). The molecule has 0 atom stereocenters. The molecule has 0 saturated carbocycles. The van der Waals surface area contributed by atoms with Gasteiger partial charge in [-0.3, -0.25) is 4.79 Å². The first-order valence-electron chi connectivity index (χ1n) is 6.11. The van der Waals surface area contributed by atoms with E-state index in [9.17, 15) is 4.79 Å². The van der Waals surface area contributed by atoms with Crippen molar-refractivity contribution >= 4 is 0 Å². The van der Waals surface area contributed by atoms with Crippen LogP contribution in [-0.4, -0.2) is 36.1 Å². The Hall–Kier alpha value is -1.40. The van der Waals surface area contributed by atoms with Crippen LogP contribution in [0.2, 0.25) is 0 Å². The molecule has 1 aromatic rings. The van der Waals surface area contributed by atoms with Gasteiger partial charge in [0, 0.05) is 19.2 Å². The zero-order valence-corrected chi connectivity index (χ0v) is 11.0. The third-order valence-electron chi connectivity index (χ3n) is 2.13. The summed E-state index contributed by atoms with van der Waals surface area (Å²) in [4.78, 5) is 11.7. The number of nitrogens with two attached hydrogens (primary N) is 1. The Balaban J connectivity index is 2.44. The predicted octanol–water partition coefficient (Wildman–Crippen LogP) is 0.253. The van der Waals surface area contributed by atoms with Gasteiger partial charge >= 0.3 is 0 Å². The largest absolute Gasteiger partial charge is 0.490 e. The number of aromatic nitrogens is 2. The monoisotopic (exact) mass is 255 g/mol. The maximum Gasteiger partial charge on any atom is 0.270 e. The smallest absolute Gasteiger partial charge is 0.270 e. The highest BCUT2D eigenvalue weighted by molar-refractivity contribution is 5.13. The summed E-state index contributed by atoms with van der Waals surface area (Å²) in [6.45, 7) is 6.56. The molecule has 0 aliphatic carbocycles. The zero-order chi connectivity index (χ0) is 13.4. The summed E-state index contributed by atoms with van der Waals surface area (Å²) < 4.78 is 12.0. The summed E-state index contributed by atoms with van der Waals surface area (Å²) in [5, 5.41) is 4.01. The van der Waals surface area contributed by atoms with Gasteiger partial charge in [0.1, 0.15) is 12.4 Å². The number of hydrogen-bond donors (Lipinski definition) is 1. The fourth-order valence-corrected chi connectivity index (χ4v) is 1.31. The van der Waals surface area contributed by atoms with Crippen molar-refractivity contribution in [3.63, 3.8) is 0 Å². The SMILES string of the molecule is CC(C)COCCn1ncc(OCCN)cc1=O. The maximum atomic E-state index is 11.7. The van der Waals surface area contributed by atoms with E-state index < -0.39 is 0 Å². The third-order valence-corrected chi connectivity index (χ3v) is 2.13. The van der Waals surface area contributed by atoms with Crippen LogP contribution in [0.15, 0.2) is 17.1 Å². The summed E-state index contributed by atoms with van der Waals surface area (Å²) in [6.07, 6.45) is 1.51. The van der Waals surface area contributed by atoms with Crippen LogP contribution in [0.25, 0.3) is 0 Å². The van der Waals surface area contributed by atoms with E-state index >= 15 is 0 Å². The Morgan fingerprint density at radius 3 is 2.83 bits per heavy atom. The van der Waals surface area contributed by atoms with Gasteiger partial charge in [-0.1, -0.05) is 13.8 Å². The van der Waals surface area contributed by atoms with E-state index in [1.807, 2.05) is 0 Å².